The molecule has 0 bridgehead atoms. The lowest BCUT2D eigenvalue weighted by Gasteiger charge is -2.14. The zero-order chi connectivity index (χ0) is 13.7. The highest BCUT2D eigenvalue weighted by molar-refractivity contribution is 9.10. The Balaban J connectivity index is 2.07. The van der Waals surface area contributed by atoms with E-state index in [1.807, 2.05) is 24.3 Å². The summed E-state index contributed by atoms with van der Waals surface area (Å²) in [6, 6.07) is 16.4. The second kappa shape index (κ2) is 6.37. The SMILES string of the molecule is N#Cc1ccccc1OCC(O)c1ccccc1Br. The third-order valence-corrected chi connectivity index (χ3v) is 3.39. The molecule has 3 nitrogen and oxygen atoms in total. The molecule has 2 aromatic carbocycles. The quantitative estimate of drug-likeness (QED) is 0.939. The van der Waals surface area contributed by atoms with Crippen LogP contribution in [-0.4, -0.2) is 11.7 Å². The monoisotopic (exact) mass is 317 g/mol. The predicted octanol–water partition coefficient (Wildman–Crippen LogP) is 3.43. The van der Waals surface area contributed by atoms with Gasteiger partial charge in [0.2, 0.25) is 0 Å². The van der Waals surface area contributed by atoms with Gasteiger partial charge in [-0.05, 0) is 23.8 Å². The molecule has 1 atom stereocenters. The summed E-state index contributed by atoms with van der Waals surface area (Å²) in [5.41, 5.74) is 1.22. The Morgan fingerprint density at radius 2 is 1.84 bits per heavy atom. The number of ether oxygens (including phenoxy) is 1. The van der Waals surface area contributed by atoms with Gasteiger partial charge in [0.05, 0.1) is 5.56 Å². The van der Waals surface area contributed by atoms with Gasteiger partial charge in [-0.3, -0.25) is 0 Å². The maximum atomic E-state index is 10.1. The largest absolute Gasteiger partial charge is 0.489 e. The molecule has 0 aliphatic carbocycles. The first-order valence-corrected chi connectivity index (χ1v) is 6.56. The summed E-state index contributed by atoms with van der Waals surface area (Å²) in [6.07, 6.45) is -0.748. The van der Waals surface area contributed by atoms with Crippen molar-refractivity contribution in [1.82, 2.24) is 0 Å². The third-order valence-electron chi connectivity index (χ3n) is 2.67. The van der Waals surface area contributed by atoms with E-state index >= 15 is 0 Å². The first-order valence-electron chi connectivity index (χ1n) is 5.77. The maximum Gasteiger partial charge on any atom is 0.137 e. The molecule has 1 N–H and O–H groups in total. The van der Waals surface area contributed by atoms with Gasteiger partial charge in [0.1, 0.15) is 24.5 Å². The number of nitrogens with zero attached hydrogens (tertiary/aromatic N) is 1. The zero-order valence-corrected chi connectivity index (χ0v) is 11.7. The van der Waals surface area contributed by atoms with Crippen LogP contribution in [0.15, 0.2) is 53.0 Å². The highest BCUT2D eigenvalue weighted by Crippen LogP contribution is 2.24. The molecule has 2 rings (SSSR count). The standard InChI is InChI=1S/C15H12BrNO2/c16-13-7-3-2-6-12(13)14(18)10-19-15-8-4-1-5-11(15)9-17/h1-8,14,18H,10H2. The molecule has 0 heterocycles. The van der Waals surface area contributed by atoms with Crippen LogP contribution < -0.4 is 4.74 Å². The summed E-state index contributed by atoms with van der Waals surface area (Å²) < 4.78 is 6.34. The lowest BCUT2D eigenvalue weighted by atomic mass is 10.1. The summed E-state index contributed by atoms with van der Waals surface area (Å²) in [5, 5.41) is 19.0. The van der Waals surface area contributed by atoms with Crippen LogP contribution in [-0.2, 0) is 0 Å². The average Bonchev–Trinajstić information content (AvgIpc) is 2.45. The minimum absolute atomic E-state index is 0.0985. The third kappa shape index (κ3) is 3.34. The van der Waals surface area contributed by atoms with E-state index in [2.05, 4.69) is 22.0 Å². The highest BCUT2D eigenvalue weighted by Gasteiger charge is 2.12. The van der Waals surface area contributed by atoms with E-state index in [0.717, 1.165) is 10.0 Å². The molecule has 0 amide bonds. The number of halogens is 1. The normalized spacial score (nSPS) is 11.6. The number of rotatable bonds is 4. The predicted molar refractivity (Wildman–Crippen MR) is 75.8 cm³/mol. The lowest BCUT2D eigenvalue weighted by Crippen LogP contribution is -2.10. The second-order valence-electron chi connectivity index (χ2n) is 3.96. The van der Waals surface area contributed by atoms with Gasteiger partial charge >= 0.3 is 0 Å². The Hall–Kier alpha value is -1.83. The summed E-state index contributed by atoms with van der Waals surface area (Å²) in [4.78, 5) is 0. The van der Waals surface area contributed by atoms with Crippen molar-refractivity contribution in [1.29, 1.82) is 5.26 Å². The van der Waals surface area contributed by atoms with Crippen molar-refractivity contribution in [2.75, 3.05) is 6.61 Å². The number of aliphatic hydroxyl groups excluding tert-OH is 1. The molecule has 4 heteroatoms. The molecule has 1 unspecified atom stereocenters. The fourth-order valence-corrected chi connectivity index (χ4v) is 2.24. The molecule has 0 aromatic heterocycles. The minimum atomic E-state index is -0.748. The van der Waals surface area contributed by atoms with E-state index in [0.29, 0.717) is 11.3 Å². The average molecular weight is 318 g/mol. The van der Waals surface area contributed by atoms with E-state index in [-0.39, 0.29) is 6.61 Å². The van der Waals surface area contributed by atoms with Crippen molar-refractivity contribution in [2.45, 2.75) is 6.10 Å². The van der Waals surface area contributed by atoms with Gasteiger partial charge in [0, 0.05) is 4.47 Å². The Morgan fingerprint density at radius 3 is 2.58 bits per heavy atom. The first kappa shape index (κ1) is 13.6. The number of hydrogen-bond donors (Lipinski definition) is 1. The van der Waals surface area contributed by atoms with E-state index < -0.39 is 6.10 Å². The molecule has 96 valence electrons. The van der Waals surface area contributed by atoms with Crippen LogP contribution in [0.25, 0.3) is 0 Å². The van der Waals surface area contributed by atoms with Crippen LogP contribution in [0.1, 0.15) is 17.2 Å². The highest BCUT2D eigenvalue weighted by atomic mass is 79.9. The number of hydrogen-bond acceptors (Lipinski definition) is 3. The number of aliphatic hydroxyl groups is 1. The van der Waals surface area contributed by atoms with Crippen LogP contribution in [0.4, 0.5) is 0 Å². The Bertz CT molecular complexity index is 607. The molecule has 0 spiro atoms. The molecule has 0 aliphatic heterocycles. The second-order valence-corrected chi connectivity index (χ2v) is 4.81. The number of nitriles is 1. The first-order chi connectivity index (χ1) is 9.22. The number of benzene rings is 2. The van der Waals surface area contributed by atoms with Gasteiger partial charge in [0.15, 0.2) is 0 Å². The Labute approximate surface area is 120 Å². The molecule has 19 heavy (non-hydrogen) atoms. The molecule has 0 aliphatic rings. The van der Waals surface area contributed by atoms with Crippen LogP contribution in [0.3, 0.4) is 0 Å². The maximum absolute atomic E-state index is 10.1. The molecule has 0 saturated carbocycles. The fraction of sp³-hybridized carbons (Fsp3) is 0.133. The molecule has 0 fully saturated rings. The minimum Gasteiger partial charge on any atom is -0.489 e. The summed E-state index contributed by atoms with van der Waals surface area (Å²) in [7, 11) is 0. The van der Waals surface area contributed by atoms with E-state index in [9.17, 15) is 5.11 Å². The fourth-order valence-electron chi connectivity index (χ4n) is 1.69. The van der Waals surface area contributed by atoms with Gasteiger partial charge < -0.3 is 9.84 Å². The van der Waals surface area contributed by atoms with E-state index in [1.165, 1.54) is 0 Å². The van der Waals surface area contributed by atoms with Crippen molar-refractivity contribution in [3.8, 4) is 11.8 Å². The number of para-hydroxylation sites is 1. The topological polar surface area (TPSA) is 53.2 Å². The molecular formula is C15H12BrNO2. The molecule has 2 aromatic rings. The van der Waals surface area contributed by atoms with Crippen LogP contribution in [0.2, 0.25) is 0 Å². The van der Waals surface area contributed by atoms with Crippen molar-refractivity contribution in [2.24, 2.45) is 0 Å². The summed E-state index contributed by atoms with van der Waals surface area (Å²) >= 11 is 3.38. The molecular weight excluding hydrogens is 306 g/mol. The van der Waals surface area contributed by atoms with Gasteiger partial charge in [0.25, 0.3) is 0 Å². The van der Waals surface area contributed by atoms with E-state index in [4.69, 9.17) is 10.00 Å². The zero-order valence-electron chi connectivity index (χ0n) is 10.1. The lowest BCUT2D eigenvalue weighted by molar-refractivity contribution is 0.107. The van der Waals surface area contributed by atoms with Crippen LogP contribution in [0.5, 0.6) is 5.75 Å². The Morgan fingerprint density at radius 1 is 1.16 bits per heavy atom. The van der Waals surface area contributed by atoms with E-state index in [1.54, 1.807) is 24.3 Å². The molecule has 0 saturated heterocycles. The summed E-state index contributed by atoms with van der Waals surface area (Å²) in [5.74, 6) is 0.483. The molecule has 0 radical (unpaired) electrons. The smallest absolute Gasteiger partial charge is 0.137 e. The van der Waals surface area contributed by atoms with Crippen molar-refractivity contribution >= 4 is 15.9 Å². The van der Waals surface area contributed by atoms with Gasteiger partial charge in [-0.25, -0.2) is 0 Å². The van der Waals surface area contributed by atoms with Crippen molar-refractivity contribution in [3.05, 3.63) is 64.1 Å². The van der Waals surface area contributed by atoms with Gasteiger partial charge in [-0.1, -0.05) is 46.3 Å². The summed E-state index contributed by atoms with van der Waals surface area (Å²) in [6.45, 7) is 0.0985. The van der Waals surface area contributed by atoms with Crippen LogP contribution >= 0.6 is 15.9 Å². The van der Waals surface area contributed by atoms with Crippen molar-refractivity contribution in [3.63, 3.8) is 0 Å². The Kier molecular flexibility index (Phi) is 4.56. The van der Waals surface area contributed by atoms with Crippen molar-refractivity contribution < 1.29 is 9.84 Å². The van der Waals surface area contributed by atoms with Gasteiger partial charge in [-0.15, -0.1) is 0 Å². The van der Waals surface area contributed by atoms with Gasteiger partial charge in [-0.2, -0.15) is 5.26 Å². The van der Waals surface area contributed by atoms with Crippen LogP contribution in [0, 0.1) is 11.3 Å².